The molecule has 0 aliphatic heterocycles. The zero-order chi connectivity index (χ0) is 15.4. The molecule has 1 N–H and O–H groups in total. The first-order chi connectivity index (χ1) is 10.7. The first-order valence-electron chi connectivity index (χ1n) is 6.75. The standard InChI is InChI=1S/C17H13ClN2O2/c18-14-5-1-4-13(9-14)15-6-7-16(22-15)17(21)20-11-12-3-2-8-19-10-12/h1-10H,11H2,(H,20,21). The summed E-state index contributed by atoms with van der Waals surface area (Å²) in [5.74, 6) is 0.602. The predicted octanol–water partition coefficient (Wildman–Crippen LogP) is 3.93. The molecular formula is C17H13ClN2O2. The summed E-state index contributed by atoms with van der Waals surface area (Å²) in [5.41, 5.74) is 1.76. The Hall–Kier alpha value is -2.59. The van der Waals surface area contributed by atoms with Crippen LogP contribution in [0.1, 0.15) is 16.1 Å². The molecule has 110 valence electrons. The average molecular weight is 313 g/mol. The highest BCUT2D eigenvalue weighted by molar-refractivity contribution is 6.30. The lowest BCUT2D eigenvalue weighted by Gasteiger charge is -2.03. The van der Waals surface area contributed by atoms with Crippen LogP contribution in [0.5, 0.6) is 0 Å². The maximum absolute atomic E-state index is 12.1. The third-order valence-corrected chi connectivity index (χ3v) is 3.35. The Morgan fingerprint density at radius 2 is 2.09 bits per heavy atom. The van der Waals surface area contributed by atoms with Gasteiger partial charge in [0.25, 0.3) is 5.91 Å². The summed E-state index contributed by atoms with van der Waals surface area (Å²) in [4.78, 5) is 16.1. The highest BCUT2D eigenvalue weighted by atomic mass is 35.5. The van der Waals surface area contributed by atoms with E-state index in [9.17, 15) is 4.79 Å². The van der Waals surface area contributed by atoms with Gasteiger partial charge in [0.2, 0.25) is 0 Å². The lowest BCUT2D eigenvalue weighted by atomic mass is 10.2. The Labute approximate surface area is 132 Å². The van der Waals surface area contributed by atoms with Crippen LogP contribution in [0, 0.1) is 0 Å². The minimum absolute atomic E-state index is 0.263. The van der Waals surface area contributed by atoms with Gasteiger partial charge in [0, 0.05) is 29.5 Å². The molecule has 4 nitrogen and oxygen atoms in total. The number of pyridine rings is 1. The summed E-state index contributed by atoms with van der Waals surface area (Å²) in [7, 11) is 0. The molecule has 0 saturated heterocycles. The van der Waals surface area contributed by atoms with Gasteiger partial charge in [-0.1, -0.05) is 29.8 Å². The first-order valence-corrected chi connectivity index (χ1v) is 7.13. The second-order valence-corrected chi connectivity index (χ2v) is 5.15. The zero-order valence-corrected chi connectivity index (χ0v) is 12.4. The summed E-state index contributed by atoms with van der Waals surface area (Å²) in [6.45, 7) is 0.403. The summed E-state index contributed by atoms with van der Waals surface area (Å²) >= 11 is 5.95. The molecule has 0 fully saturated rings. The molecule has 0 radical (unpaired) electrons. The minimum atomic E-state index is -0.267. The molecule has 0 aliphatic rings. The number of nitrogens with one attached hydrogen (secondary N) is 1. The van der Waals surface area contributed by atoms with Crippen molar-refractivity contribution >= 4 is 17.5 Å². The van der Waals surface area contributed by atoms with Crippen LogP contribution >= 0.6 is 11.6 Å². The highest BCUT2D eigenvalue weighted by Gasteiger charge is 2.12. The van der Waals surface area contributed by atoms with E-state index >= 15 is 0 Å². The SMILES string of the molecule is O=C(NCc1cccnc1)c1ccc(-c2cccc(Cl)c2)o1. The maximum Gasteiger partial charge on any atom is 0.287 e. The minimum Gasteiger partial charge on any atom is -0.451 e. The molecule has 2 heterocycles. The van der Waals surface area contributed by atoms with Crippen LogP contribution in [0.15, 0.2) is 65.3 Å². The number of benzene rings is 1. The van der Waals surface area contributed by atoms with Crippen molar-refractivity contribution in [2.45, 2.75) is 6.54 Å². The Bertz CT molecular complexity index is 784. The van der Waals surface area contributed by atoms with Gasteiger partial charge < -0.3 is 9.73 Å². The van der Waals surface area contributed by atoms with Gasteiger partial charge in [-0.15, -0.1) is 0 Å². The second kappa shape index (κ2) is 6.45. The van der Waals surface area contributed by atoms with Gasteiger partial charge in [0.05, 0.1) is 0 Å². The largest absolute Gasteiger partial charge is 0.451 e. The van der Waals surface area contributed by atoms with Crippen LogP contribution in [0.25, 0.3) is 11.3 Å². The molecule has 0 spiro atoms. The van der Waals surface area contributed by atoms with Crippen molar-refractivity contribution in [3.8, 4) is 11.3 Å². The van der Waals surface area contributed by atoms with Crippen LogP contribution in [-0.2, 0) is 6.54 Å². The van der Waals surface area contributed by atoms with E-state index in [0.29, 0.717) is 17.3 Å². The molecule has 3 aromatic rings. The smallest absolute Gasteiger partial charge is 0.287 e. The van der Waals surface area contributed by atoms with Crippen molar-refractivity contribution < 1.29 is 9.21 Å². The second-order valence-electron chi connectivity index (χ2n) is 4.72. The van der Waals surface area contributed by atoms with Gasteiger partial charge in [-0.25, -0.2) is 0 Å². The van der Waals surface area contributed by atoms with Crippen LogP contribution in [0.4, 0.5) is 0 Å². The predicted molar refractivity (Wildman–Crippen MR) is 84.6 cm³/mol. The molecule has 1 amide bonds. The Balaban J connectivity index is 1.69. The number of halogens is 1. The van der Waals surface area contributed by atoms with Crippen LogP contribution < -0.4 is 5.32 Å². The molecule has 22 heavy (non-hydrogen) atoms. The third kappa shape index (κ3) is 3.35. The van der Waals surface area contributed by atoms with E-state index in [0.717, 1.165) is 11.1 Å². The number of carbonyl (C=O) groups excluding carboxylic acids is 1. The van der Waals surface area contributed by atoms with Gasteiger partial charge >= 0.3 is 0 Å². The van der Waals surface area contributed by atoms with E-state index in [1.807, 2.05) is 24.3 Å². The Morgan fingerprint density at radius 1 is 1.18 bits per heavy atom. The number of rotatable bonds is 4. The van der Waals surface area contributed by atoms with Crippen molar-refractivity contribution in [3.63, 3.8) is 0 Å². The van der Waals surface area contributed by atoms with E-state index in [1.165, 1.54) is 0 Å². The van der Waals surface area contributed by atoms with E-state index in [-0.39, 0.29) is 11.7 Å². The summed E-state index contributed by atoms with van der Waals surface area (Å²) in [6.07, 6.45) is 3.40. The van der Waals surface area contributed by atoms with Gasteiger partial charge in [-0.05, 0) is 35.9 Å². The molecule has 2 aromatic heterocycles. The Kier molecular flexibility index (Phi) is 4.21. The van der Waals surface area contributed by atoms with Crippen LogP contribution in [0.2, 0.25) is 5.02 Å². The summed E-state index contributed by atoms with van der Waals surface area (Å²) < 4.78 is 5.59. The van der Waals surface area contributed by atoms with Gasteiger partial charge in [0.1, 0.15) is 5.76 Å². The topological polar surface area (TPSA) is 55.1 Å². The lowest BCUT2D eigenvalue weighted by Crippen LogP contribution is -2.22. The zero-order valence-electron chi connectivity index (χ0n) is 11.6. The number of furan rings is 1. The molecule has 0 bridgehead atoms. The van der Waals surface area contributed by atoms with Crippen molar-refractivity contribution in [1.29, 1.82) is 0 Å². The fourth-order valence-electron chi connectivity index (χ4n) is 2.03. The van der Waals surface area contributed by atoms with Crippen LogP contribution in [-0.4, -0.2) is 10.9 Å². The van der Waals surface area contributed by atoms with E-state index in [4.69, 9.17) is 16.0 Å². The number of aromatic nitrogens is 1. The van der Waals surface area contributed by atoms with E-state index < -0.39 is 0 Å². The number of hydrogen-bond donors (Lipinski definition) is 1. The number of carbonyl (C=O) groups is 1. The van der Waals surface area contributed by atoms with Crippen LogP contribution in [0.3, 0.4) is 0 Å². The molecular weight excluding hydrogens is 300 g/mol. The maximum atomic E-state index is 12.1. The van der Waals surface area contributed by atoms with Gasteiger partial charge in [-0.2, -0.15) is 0 Å². The van der Waals surface area contributed by atoms with E-state index in [1.54, 1.807) is 36.7 Å². The van der Waals surface area contributed by atoms with Crippen molar-refractivity contribution in [2.75, 3.05) is 0 Å². The molecule has 0 aliphatic carbocycles. The molecule has 0 unspecified atom stereocenters. The summed E-state index contributed by atoms with van der Waals surface area (Å²) in [5, 5.41) is 3.41. The highest BCUT2D eigenvalue weighted by Crippen LogP contribution is 2.24. The van der Waals surface area contributed by atoms with Crippen molar-refractivity contribution in [1.82, 2.24) is 10.3 Å². The number of amides is 1. The molecule has 5 heteroatoms. The fraction of sp³-hybridized carbons (Fsp3) is 0.0588. The lowest BCUT2D eigenvalue weighted by molar-refractivity contribution is 0.0924. The fourth-order valence-corrected chi connectivity index (χ4v) is 2.22. The third-order valence-electron chi connectivity index (χ3n) is 3.11. The number of hydrogen-bond acceptors (Lipinski definition) is 3. The summed E-state index contributed by atoms with van der Waals surface area (Å²) in [6, 6.07) is 14.4. The van der Waals surface area contributed by atoms with Gasteiger partial charge in [-0.3, -0.25) is 9.78 Å². The van der Waals surface area contributed by atoms with Gasteiger partial charge in [0.15, 0.2) is 5.76 Å². The quantitative estimate of drug-likeness (QED) is 0.794. The monoisotopic (exact) mass is 312 g/mol. The normalized spacial score (nSPS) is 10.4. The van der Waals surface area contributed by atoms with E-state index in [2.05, 4.69) is 10.3 Å². The molecule has 0 atom stereocenters. The first kappa shape index (κ1) is 14.4. The Morgan fingerprint density at radius 3 is 2.86 bits per heavy atom. The van der Waals surface area contributed by atoms with Crippen molar-refractivity contribution in [2.24, 2.45) is 0 Å². The molecule has 0 saturated carbocycles. The molecule has 1 aromatic carbocycles. The van der Waals surface area contributed by atoms with Crippen molar-refractivity contribution in [3.05, 3.63) is 77.3 Å². The number of nitrogens with zero attached hydrogens (tertiary/aromatic N) is 1. The average Bonchev–Trinajstić information content (AvgIpc) is 3.04. The molecule has 3 rings (SSSR count).